The van der Waals surface area contributed by atoms with E-state index in [0.29, 0.717) is 22.4 Å². The van der Waals surface area contributed by atoms with Gasteiger partial charge in [0.2, 0.25) is 5.91 Å². The SMILES string of the molecule is CC(=O)Nc1ccc(NS(=O)(=O)c2cccc3nsnc23)cc1. The van der Waals surface area contributed by atoms with Gasteiger partial charge in [-0.25, -0.2) is 8.42 Å². The quantitative estimate of drug-likeness (QED) is 0.754. The number of benzene rings is 2. The fourth-order valence-corrected chi connectivity index (χ4v) is 3.86. The molecule has 0 bridgehead atoms. The molecule has 9 heteroatoms. The first-order valence-electron chi connectivity index (χ1n) is 6.57. The van der Waals surface area contributed by atoms with Gasteiger partial charge in [0.05, 0.1) is 11.7 Å². The summed E-state index contributed by atoms with van der Waals surface area (Å²) in [5.41, 5.74) is 1.87. The number of aromatic nitrogens is 2. The van der Waals surface area contributed by atoms with Gasteiger partial charge in [-0.2, -0.15) is 8.75 Å². The number of amides is 1. The van der Waals surface area contributed by atoms with Crippen molar-refractivity contribution in [1.82, 2.24) is 8.75 Å². The molecule has 0 atom stereocenters. The second kappa shape index (κ2) is 5.94. The summed E-state index contributed by atoms with van der Waals surface area (Å²) in [6, 6.07) is 11.2. The Labute approximate surface area is 136 Å². The molecule has 3 aromatic rings. The molecule has 118 valence electrons. The van der Waals surface area contributed by atoms with Crippen molar-refractivity contribution < 1.29 is 13.2 Å². The number of nitrogens with one attached hydrogen (secondary N) is 2. The van der Waals surface area contributed by atoms with Crippen molar-refractivity contribution in [2.24, 2.45) is 0 Å². The van der Waals surface area contributed by atoms with Crippen LogP contribution in [0.4, 0.5) is 11.4 Å². The lowest BCUT2D eigenvalue weighted by Crippen LogP contribution is -2.13. The third-order valence-electron chi connectivity index (χ3n) is 3.00. The number of rotatable bonds is 4. The zero-order valence-corrected chi connectivity index (χ0v) is 13.6. The Balaban J connectivity index is 1.89. The van der Waals surface area contributed by atoms with E-state index in [-0.39, 0.29) is 10.8 Å². The molecule has 0 fully saturated rings. The van der Waals surface area contributed by atoms with Crippen LogP contribution in [0.15, 0.2) is 47.4 Å². The Morgan fingerprint density at radius 1 is 1.04 bits per heavy atom. The van der Waals surface area contributed by atoms with E-state index < -0.39 is 10.0 Å². The Hall–Kier alpha value is -2.52. The van der Waals surface area contributed by atoms with Gasteiger partial charge >= 0.3 is 0 Å². The average molecular weight is 348 g/mol. The summed E-state index contributed by atoms with van der Waals surface area (Å²) in [4.78, 5) is 11.1. The van der Waals surface area contributed by atoms with Crippen molar-refractivity contribution in [3.05, 3.63) is 42.5 Å². The van der Waals surface area contributed by atoms with Crippen LogP contribution < -0.4 is 10.0 Å². The van der Waals surface area contributed by atoms with Gasteiger partial charge in [0.1, 0.15) is 15.9 Å². The lowest BCUT2D eigenvalue weighted by molar-refractivity contribution is -0.114. The monoisotopic (exact) mass is 348 g/mol. The Kier molecular flexibility index (Phi) is 3.97. The smallest absolute Gasteiger partial charge is 0.264 e. The van der Waals surface area contributed by atoms with E-state index in [1.54, 1.807) is 36.4 Å². The van der Waals surface area contributed by atoms with Crippen molar-refractivity contribution in [2.75, 3.05) is 10.0 Å². The second-order valence-electron chi connectivity index (χ2n) is 4.75. The molecule has 0 radical (unpaired) electrons. The molecule has 1 amide bonds. The molecule has 0 saturated heterocycles. The number of nitrogens with zero attached hydrogens (tertiary/aromatic N) is 2. The number of carbonyl (C=O) groups excluding carboxylic acids is 1. The number of hydrogen-bond acceptors (Lipinski definition) is 6. The normalized spacial score (nSPS) is 11.3. The minimum absolute atomic E-state index is 0.0784. The first-order valence-corrected chi connectivity index (χ1v) is 8.79. The molecule has 0 aliphatic rings. The number of carbonyl (C=O) groups is 1. The summed E-state index contributed by atoms with van der Waals surface area (Å²) in [6.07, 6.45) is 0. The lowest BCUT2D eigenvalue weighted by Gasteiger charge is -2.09. The first-order chi connectivity index (χ1) is 11.0. The van der Waals surface area contributed by atoms with Crippen molar-refractivity contribution in [2.45, 2.75) is 11.8 Å². The van der Waals surface area contributed by atoms with Crippen molar-refractivity contribution >= 4 is 50.1 Å². The van der Waals surface area contributed by atoms with E-state index in [1.807, 2.05) is 0 Å². The topological polar surface area (TPSA) is 101 Å². The average Bonchev–Trinajstić information content (AvgIpc) is 2.96. The highest BCUT2D eigenvalue weighted by atomic mass is 32.2. The number of sulfonamides is 1. The molecule has 23 heavy (non-hydrogen) atoms. The predicted molar refractivity (Wildman–Crippen MR) is 89.0 cm³/mol. The van der Waals surface area contributed by atoms with Crippen molar-refractivity contribution in [3.8, 4) is 0 Å². The molecule has 1 heterocycles. The maximum atomic E-state index is 12.5. The fraction of sp³-hybridized carbons (Fsp3) is 0.0714. The van der Waals surface area contributed by atoms with Crippen LogP contribution in [0.5, 0.6) is 0 Å². The number of fused-ring (bicyclic) bond motifs is 1. The molecule has 0 aliphatic carbocycles. The standard InChI is InChI=1S/C14H12N4O3S2/c1-9(19)15-10-5-7-11(8-6-10)18-23(20,21)13-4-2-3-12-14(13)17-22-16-12/h2-8,18H,1H3,(H,15,19). The summed E-state index contributed by atoms with van der Waals surface area (Å²) in [5.74, 6) is -0.193. The van der Waals surface area contributed by atoms with Gasteiger partial charge in [0.15, 0.2) is 0 Å². The Bertz CT molecular complexity index is 965. The van der Waals surface area contributed by atoms with Crippen molar-refractivity contribution in [1.29, 1.82) is 0 Å². The summed E-state index contributed by atoms with van der Waals surface area (Å²) in [6.45, 7) is 1.40. The minimum atomic E-state index is -3.78. The van der Waals surface area contributed by atoms with E-state index in [1.165, 1.54) is 13.0 Å². The van der Waals surface area contributed by atoms with Crippen LogP contribution in [-0.2, 0) is 14.8 Å². The van der Waals surface area contributed by atoms with Gasteiger partial charge in [0.25, 0.3) is 10.0 Å². The van der Waals surface area contributed by atoms with Crippen LogP contribution in [-0.4, -0.2) is 23.1 Å². The molecule has 1 aromatic heterocycles. The van der Waals surface area contributed by atoms with Gasteiger partial charge < -0.3 is 5.32 Å². The largest absolute Gasteiger partial charge is 0.326 e. The highest BCUT2D eigenvalue weighted by molar-refractivity contribution is 7.93. The predicted octanol–water partition coefficient (Wildman–Crippen LogP) is 2.45. The minimum Gasteiger partial charge on any atom is -0.326 e. The van der Waals surface area contributed by atoms with Gasteiger partial charge in [-0.3, -0.25) is 9.52 Å². The number of hydrogen-bond donors (Lipinski definition) is 2. The van der Waals surface area contributed by atoms with Gasteiger partial charge in [-0.05, 0) is 36.4 Å². The summed E-state index contributed by atoms with van der Waals surface area (Å²) >= 11 is 0.965. The summed E-state index contributed by atoms with van der Waals surface area (Å²) < 4.78 is 35.6. The van der Waals surface area contributed by atoms with E-state index in [0.717, 1.165) is 11.7 Å². The molecule has 0 unspecified atom stereocenters. The maximum Gasteiger partial charge on any atom is 0.264 e. The van der Waals surface area contributed by atoms with Crippen molar-refractivity contribution in [3.63, 3.8) is 0 Å². The highest BCUT2D eigenvalue weighted by Crippen LogP contribution is 2.24. The van der Waals surface area contributed by atoms with Crippen LogP contribution in [0.2, 0.25) is 0 Å². The van der Waals surface area contributed by atoms with E-state index >= 15 is 0 Å². The first kappa shape index (κ1) is 15.4. The summed E-state index contributed by atoms with van der Waals surface area (Å²) in [5, 5.41) is 2.61. The van der Waals surface area contributed by atoms with Gasteiger partial charge in [-0.1, -0.05) is 6.07 Å². The second-order valence-corrected chi connectivity index (χ2v) is 6.93. The third-order valence-corrected chi connectivity index (χ3v) is 4.95. The van der Waals surface area contributed by atoms with E-state index in [2.05, 4.69) is 18.8 Å². The van der Waals surface area contributed by atoms with Crippen LogP contribution in [0.3, 0.4) is 0 Å². The molecule has 0 saturated carbocycles. The highest BCUT2D eigenvalue weighted by Gasteiger charge is 2.19. The van der Waals surface area contributed by atoms with Crippen LogP contribution >= 0.6 is 11.7 Å². The van der Waals surface area contributed by atoms with Crippen LogP contribution in [0, 0.1) is 0 Å². The van der Waals surface area contributed by atoms with Crippen LogP contribution in [0.25, 0.3) is 11.0 Å². The molecular formula is C14H12N4O3S2. The molecule has 0 aliphatic heterocycles. The Morgan fingerprint density at radius 2 is 1.74 bits per heavy atom. The molecule has 2 N–H and O–H groups in total. The fourth-order valence-electron chi connectivity index (χ4n) is 2.03. The van der Waals surface area contributed by atoms with Crippen LogP contribution in [0.1, 0.15) is 6.92 Å². The molecule has 3 rings (SSSR count). The van der Waals surface area contributed by atoms with E-state index in [9.17, 15) is 13.2 Å². The van der Waals surface area contributed by atoms with Gasteiger partial charge in [-0.15, -0.1) is 0 Å². The molecule has 7 nitrogen and oxygen atoms in total. The molecular weight excluding hydrogens is 336 g/mol. The molecule has 2 aromatic carbocycles. The summed E-state index contributed by atoms with van der Waals surface area (Å²) in [7, 11) is -3.78. The Morgan fingerprint density at radius 3 is 2.43 bits per heavy atom. The third kappa shape index (κ3) is 3.30. The van der Waals surface area contributed by atoms with E-state index in [4.69, 9.17) is 0 Å². The zero-order chi connectivity index (χ0) is 16.4. The van der Waals surface area contributed by atoms with Gasteiger partial charge in [0, 0.05) is 18.3 Å². The number of anilines is 2. The maximum absolute atomic E-state index is 12.5. The zero-order valence-electron chi connectivity index (χ0n) is 12.0. The lowest BCUT2D eigenvalue weighted by atomic mass is 10.3. The molecule has 0 spiro atoms.